The molecule has 7 heteroatoms. The molecule has 0 saturated carbocycles. The second kappa shape index (κ2) is 9.50. The van der Waals surface area contributed by atoms with Gasteiger partial charge in [-0.15, -0.1) is 0 Å². The predicted molar refractivity (Wildman–Crippen MR) is 131 cm³/mol. The Morgan fingerprint density at radius 3 is 2.26 bits per heavy atom. The number of ether oxygens (including phenoxy) is 5. The van der Waals surface area contributed by atoms with Gasteiger partial charge in [0.1, 0.15) is 11.7 Å². The summed E-state index contributed by atoms with van der Waals surface area (Å²) in [6.07, 6.45) is 0.330. The SMILES string of the molecule is COc1cc2c(cc1OC)[C@H]([C@H]1OC(=O)c3c1ccc(OC)c3OC)N(Cc1ccccc1)CC2. The molecule has 35 heavy (non-hydrogen) atoms. The van der Waals surface area contributed by atoms with Crippen LogP contribution in [0.5, 0.6) is 23.0 Å². The van der Waals surface area contributed by atoms with E-state index in [4.69, 9.17) is 23.7 Å². The third-order valence-corrected chi connectivity index (χ3v) is 6.86. The molecular weight excluding hydrogens is 446 g/mol. The first kappa shape index (κ1) is 23.1. The first-order valence-electron chi connectivity index (χ1n) is 11.6. The van der Waals surface area contributed by atoms with E-state index in [1.54, 1.807) is 21.3 Å². The predicted octanol–water partition coefficient (Wildman–Crippen LogP) is 4.73. The Morgan fingerprint density at radius 2 is 1.57 bits per heavy atom. The van der Waals surface area contributed by atoms with Crippen LogP contribution in [-0.2, 0) is 17.7 Å². The van der Waals surface area contributed by atoms with Crippen molar-refractivity contribution in [2.75, 3.05) is 35.0 Å². The summed E-state index contributed by atoms with van der Waals surface area (Å²) < 4.78 is 28.3. The summed E-state index contributed by atoms with van der Waals surface area (Å²) in [5.41, 5.74) is 4.62. The van der Waals surface area contributed by atoms with Crippen LogP contribution in [0.1, 0.15) is 44.8 Å². The number of hydrogen-bond donors (Lipinski definition) is 0. The molecule has 7 nitrogen and oxygen atoms in total. The van der Waals surface area contributed by atoms with Gasteiger partial charge in [0.2, 0.25) is 0 Å². The number of carbonyl (C=O) groups excluding carboxylic acids is 1. The van der Waals surface area contributed by atoms with E-state index in [9.17, 15) is 4.79 Å². The normalized spacial score (nSPS) is 18.9. The van der Waals surface area contributed by atoms with Crippen molar-refractivity contribution in [3.8, 4) is 23.0 Å². The van der Waals surface area contributed by atoms with Crippen molar-refractivity contribution >= 4 is 5.97 Å². The summed E-state index contributed by atoms with van der Waals surface area (Å²) >= 11 is 0. The van der Waals surface area contributed by atoms with Crippen molar-refractivity contribution in [1.29, 1.82) is 0 Å². The molecule has 2 aliphatic rings. The van der Waals surface area contributed by atoms with Crippen LogP contribution >= 0.6 is 0 Å². The Hall–Kier alpha value is -3.71. The summed E-state index contributed by atoms with van der Waals surface area (Å²) in [5.74, 6) is 1.83. The molecule has 0 saturated heterocycles. The summed E-state index contributed by atoms with van der Waals surface area (Å²) in [5, 5.41) is 0. The second-order valence-corrected chi connectivity index (χ2v) is 8.65. The molecule has 5 rings (SSSR count). The molecule has 2 heterocycles. The number of cyclic esters (lactones) is 1. The average Bonchev–Trinajstić information content (AvgIpc) is 3.23. The fourth-order valence-electron chi connectivity index (χ4n) is 5.24. The van der Waals surface area contributed by atoms with E-state index in [2.05, 4.69) is 17.0 Å². The quantitative estimate of drug-likeness (QED) is 0.458. The molecule has 0 aliphatic carbocycles. The van der Waals surface area contributed by atoms with E-state index >= 15 is 0 Å². The van der Waals surface area contributed by atoms with Crippen molar-refractivity contribution in [2.45, 2.75) is 25.1 Å². The highest BCUT2D eigenvalue weighted by Crippen LogP contribution is 2.51. The molecule has 0 aromatic heterocycles. The molecule has 0 spiro atoms. The van der Waals surface area contributed by atoms with Gasteiger partial charge in [-0.3, -0.25) is 4.90 Å². The van der Waals surface area contributed by atoms with Gasteiger partial charge in [0.15, 0.2) is 23.0 Å². The highest BCUT2D eigenvalue weighted by atomic mass is 16.6. The largest absolute Gasteiger partial charge is 0.493 e. The van der Waals surface area contributed by atoms with Crippen LogP contribution in [0.3, 0.4) is 0 Å². The highest BCUT2D eigenvalue weighted by molar-refractivity contribution is 5.98. The van der Waals surface area contributed by atoms with Gasteiger partial charge in [-0.2, -0.15) is 0 Å². The second-order valence-electron chi connectivity index (χ2n) is 8.65. The van der Waals surface area contributed by atoms with Crippen molar-refractivity contribution in [2.24, 2.45) is 0 Å². The summed E-state index contributed by atoms with van der Waals surface area (Å²) in [6, 6.07) is 17.9. The fourth-order valence-corrected chi connectivity index (χ4v) is 5.24. The van der Waals surface area contributed by atoms with Gasteiger partial charge < -0.3 is 23.7 Å². The van der Waals surface area contributed by atoms with E-state index in [0.717, 1.165) is 36.2 Å². The Balaban J connectivity index is 1.65. The lowest BCUT2D eigenvalue weighted by Crippen LogP contribution is -2.38. The lowest BCUT2D eigenvalue weighted by molar-refractivity contribution is 0.00120. The number of benzene rings is 3. The topological polar surface area (TPSA) is 66.5 Å². The maximum absolute atomic E-state index is 13.1. The minimum absolute atomic E-state index is 0.220. The number of methoxy groups -OCH3 is 4. The number of nitrogens with zero attached hydrogens (tertiary/aromatic N) is 1. The third kappa shape index (κ3) is 3.96. The maximum Gasteiger partial charge on any atom is 0.343 e. The van der Waals surface area contributed by atoms with E-state index in [1.165, 1.54) is 12.7 Å². The lowest BCUT2D eigenvalue weighted by atomic mass is 9.85. The van der Waals surface area contributed by atoms with Gasteiger partial charge in [-0.05, 0) is 41.3 Å². The molecule has 0 radical (unpaired) electrons. The summed E-state index contributed by atoms with van der Waals surface area (Å²) in [6.45, 7) is 1.52. The monoisotopic (exact) mass is 475 g/mol. The summed E-state index contributed by atoms with van der Waals surface area (Å²) in [4.78, 5) is 15.5. The number of rotatable bonds is 7. The van der Waals surface area contributed by atoms with Crippen LogP contribution in [0.2, 0.25) is 0 Å². The average molecular weight is 476 g/mol. The first-order chi connectivity index (χ1) is 17.1. The first-order valence-corrected chi connectivity index (χ1v) is 11.6. The van der Waals surface area contributed by atoms with Crippen LogP contribution < -0.4 is 18.9 Å². The van der Waals surface area contributed by atoms with E-state index in [1.807, 2.05) is 42.5 Å². The molecular formula is C28H29NO6. The van der Waals surface area contributed by atoms with Crippen molar-refractivity contribution in [1.82, 2.24) is 4.90 Å². The van der Waals surface area contributed by atoms with Crippen molar-refractivity contribution in [3.63, 3.8) is 0 Å². The van der Waals surface area contributed by atoms with Gasteiger partial charge in [-0.25, -0.2) is 4.79 Å². The number of fused-ring (bicyclic) bond motifs is 2. The van der Waals surface area contributed by atoms with Crippen LogP contribution in [0.4, 0.5) is 0 Å². The molecule has 2 aliphatic heterocycles. The van der Waals surface area contributed by atoms with E-state index in [-0.39, 0.29) is 6.04 Å². The molecule has 0 N–H and O–H groups in total. The number of hydrogen-bond acceptors (Lipinski definition) is 7. The molecule has 182 valence electrons. The third-order valence-electron chi connectivity index (χ3n) is 6.86. The summed E-state index contributed by atoms with van der Waals surface area (Å²) in [7, 11) is 6.36. The standard InChI is InChI=1S/C28H29NO6/c1-31-21-11-10-19-24(27(21)34-4)28(30)35-26(19)25-20-15-23(33-3)22(32-2)14-18(20)12-13-29(25)16-17-8-6-5-7-9-17/h5-11,14-15,25-26H,12-13,16H2,1-4H3/t25-,26+/m1/s1. The Bertz CT molecular complexity index is 1240. The molecule has 3 aromatic rings. The minimum Gasteiger partial charge on any atom is -0.493 e. The Kier molecular flexibility index (Phi) is 6.26. The molecule has 2 atom stereocenters. The zero-order chi connectivity index (χ0) is 24.5. The van der Waals surface area contributed by atoms with Crippen molar-refractivity contribution in [3.05, 3.63) is 82.4 Å². The van der Waals surface area contributed by atoms with Gasteiger partial charge in [0, 0.05) is 18.7 Å². The molecule has 0 fully saturated rings. The molecule has 0 unspecified atom stereocenters. The Morgan fingerprint density at radius 1 is 0.857 bits per heavy atom. The van der Waals surface area contributed by atoms with Crippen LogP contribution in [-0.4, -0.2) is 45.9 Å². The van der Waals surface area contributed by atoms with E-state index < -0.39 is 12.1 Å². The van der Waals surface area contributed by atoms with Gasteiger partial charge in [-0.1, -0.05) is 36.4 Å². The highest BCUT2D eigenvalue weighted by Gasteiger charge is 2.45. The molecule has 0 amide bonds. The van der Waals surface area contributed by atoms with Gasteiger partial charge in [0.05, 0.1) is 34.5 Å². The lowest BCUT2D eigenvalue weighted by Gasteiger charge is -2.40. The number of carbonyl (C=O) groups is 1. The van der Waals surface area contributed by atoms with Crippen LogP contribution in [0, 0.1) is 0 Å². The zero-order valence-electron chi connectivity index (χ0n) is 20.4. The van der Waals surface area contributed by atoms with Gasteiger partial charge >= 0.3 is 5.97 Å². The fraction of sp³-hybridized carbons (Fsp3) is 0.321. The van der Waals surface area contributed by atoms with E-state index in [0.29, 0.717) is 28.6 Å². The minimum atomic E-state index is -0.516. The van der Waals surface area contributed by atoms with Crippen molar-refractivity contribution < 1.29 is 28.5 Å². The molecule has 3 aromatic carbocycles. The number of esters is 1. The smallest absolute Gasteiger partial charge is 0.343 e. The maximum atomic E-state index is 13.1. The molecule has 0 bridgehead atoms. The zero-order valence-corrected chi connectivity index (χ0v) is 20.4. The van der Waals surface area contributed by atoms with Crippen LogP contribution in [0.15, 0.2) is 54.6 Å². The van der Waals surface area contributed by atoms with Gasteiger partial charge in [0.25, 0.3) is 0 Å². The van der Waals surface area contributed by atoms with Crippen LogP contribution in [0.25, 0.3) is 0 Å². The Labute approximate surface area is 205 Å².